The summed E-state index contributed by atoms with van der Waals surface area (Å²) in [6.07, 6.45) is 0.684. The molecular weight excluding hydrogens is 448 g/mol. The van der Waals surface area contributed by atoms with Crippen LogP contribution in [0.4, 0.5) is 0 Å². The fraction of sp³-hybridized carbons (Fsp3) is 0.348. The van der Waals surface area contributed by atoms with E-state index in [0.29, 0.717) is 29.4 Å². The average molecular weight is 477 g/mol. The maximum Gasteiger partial charge on any atom is 0.243 e. The lowest BCUT2D eigenvalue weighted by Crippen LogP contribution is -2.37. The predicted molar refractivity (Wildman–Crippen MR) is 125 cm³/mol. The molecule has 0 aliphatic carbocycles. The fourth-order valence-corrected chi connectivity index (χ4v) is 5.46. The van der Waals surface area contributed by atoms with Crippen molar-refractivity contribution in [2.75, 3.05) is 14.2 Å². The molecule has 0 spiro atoms. The van der Waals surface area contributed by atoms with Crippen LogP contribution in [0.25, 0.3) is 0 Å². The third kappa shape index (κ3) is 5.59. The van der Waals surface area contributed by atoms with Crippen molar-refractivity contribution in [1.29, 1.82) is 0 Å². The summed E-state index contributed by atoms with van der Waals surface area (Å²) in [6, 6.07) is 13.7. The molecule has 0 bridgehead atoms. The molecule has 0 saturated heterocycles. The molecule has 0 amide bonds. The molecule has 0 aliphatic heterocycles. The van der Waals surface area contributed by atoms with Crippen LogP contribution in [0.15, 0.2) is 58.8 Å². The highest BCUT2D eigenvalue weighted by Gasteiger charge is 2.29. The van der Waals surface area contributed by atoms with E-state index in [1.165, 1.54) is 15.6 Å². The van der Waals surface area contributed by atoms with Crippen LogP contribution in [0.5, 0.6) is 17.2 Å². The molecule has 3 aromatic rings. The van der Waals surface area contributed by atoms with Crippen molar-refractivity contribution in [2.45, 2.75) is 44.4 Å². The number of ether oxygens (including phenoxy) is 3. The van der Waals surface area contributed by atoms with Gasteiger partial charge in [-0.05, 0) is 49.7 Å². The minimum atomic E-state index is -3.70. The first-order valence-electron chi connectivity index (χ1n) is 10.2. The molecule has 9 heteroatoms. The first kappa shape index (κ1) is 24.0. The Labute approximate surface area is 193 Å². The highest BCUT2D eigenvalue weighted by atomic mass is 32.2. The maximum atomic E-state index is 13.3. The number of aromatic nitrogens is 1. The average Bonchev–Trinajstić information content (AvgIpc) is 3.28. The van der Waals surface area contributed by atoms with Gasteiger partial charge < -0.3 is 14.2 Å². The third-order valence-electron chi connectivity index (χ3n) is 5.09. The molecule has 0 aliphatic rings. The van der Waals surface area contributed by atoms with Gasteiger partial charge in [-0.2, -0.15) is 4.31 Å². The van der Waals surface area contributed by atoms with Crippen molar-refractivity contribution in [3.05, 3.63) is 64.6 Å². The summed E-state index contributed by atoms with van der Waals surface area (Å²) >= 11 is 1.44. The number of benzene rings is 2. The topological polar surface area (TPSA) is 78.0 Å². The first-order valence-corrected chi connectivity index (χ1v) is 12.6. The second-order valence-electron chi connectivity index (χ2n) is 7.16. The van der Waals surface area contributed by atoms with E-state index < -0.39 is 10.0 Å². The van der Waals surface area contributed by atoms with Gasteiger partial charge in [0.1, 0.15) is 17.4 Å². The number of sulfonamides is 1. The Hall–Kier alpha value is -2.62. The lowest BCUT2D eigenvalue weighted by atomic mass is 10.2. The number of para-hydroxylation sites is 2. The lowest BCUT2D eigenvalue weighted by molar-refractivity contribution is 0.283. The lowest BCUT2D eigenvalue weighted by Gasteiger charge is -2.27. The molecule has 0 radical (unpaired) electrons. The minimum Gasteiger partial charge on any atom is -0.497 e. The minimum absolute atomic E-state index is 0.183. The number of thiazole rings is 1. The van der Waals surface area contributed by atoms with Crippen molar-refractivity contribution in [3.8, 4) is 17.2 Å². The number of rotatable bonds is 11. The Balaban J connectivity index is 1.75. The summed E-state index contributed by atoms with van der Waals surface area (Å²) < 4.78 is 44.5. The van der Waals surface area contributed by atoms with Crippen LogP contribution >= 0.6 is 11.3 Å². The quantitative estimate of drug-likeness (QED) is 0.398. The molecule has 32 heavy (non-hydrogen) atoms. The maximum absolute atomic E-state index is 13.3. The molecule has 0 unspecified atom stereocenters. The SMILES string of the molecule is CC[C@@H](C)N(Cc1csc(COc2ccccc2OC)n1)S(=O)(=O)c1ccc(OC)cc1. The van der Waals surface area contributed by atoms with Gasteiger partial charge in [-0.3, -0.25) is 0 Å². The Bertz CT molecular complexity index is 1110. The van der Waals surface area contributed by atoms with E-state index in [1.54, 1.807) is 38.5 Å². The third-order valence-corrected chi connectivity index (χ3v) is 7.93. The fourth-order valence-electron chi connectivity index (χ4n) is 3.09. The Kier molecular flexibility index (Phi) is 8.11. The van der Waals surface area contributed by atoms with Gasteiger partial charge in [-0.15, -0.1) is 11.3 Å². The molecule has 0 fully saturated rings. The van der Waals surface area contributed by atoms with E-state index in [1.807, 2.05) is 43.5 Å². The van der Waals surface area contributed by atoms with Gasteiger partial charge in [0.25, 0.3) is 0 Å². The van der Waals surface area contributed by atoms with Crippen LogP contribution in [0.1, 0.15) is 31.0 Å². The van der Waals surface area contributed by atoms with Gasteiger partial charge in [-0.1, -0.05) is 19.1 Å². The van der Waals surface area contributed by atoms with Crippen molar-refractivity contribution >= 4 is 21.4 Å². The number of hydrogen-bond acceptors (Lipinski definition) is 7. The smallest absolute Gasteiger partial charge is 0.243 e. The highest BCUT2D eigenvalue weighted by Crippen LogP contribution is 2.28. The summed E-state index contributed by atoms with van der Waals surface area (Å²) in [6.45, 7) is 4.34. The molecule has 2 aromatic carbocycles. The van der Waals surface area contributed by atoms with Crippen molar-refractivity contribution in [3.63, 3.8) is 0 Å². The van der Waals surface area contributed by atoms with E-state index in [-0.39, 0.29) is 24.1 Å². The normalized spacial score (nSPS) is 12.5. The first-order chi connectivity index (χ1) is 15.4. The molecule has 0 saturated carbocycles. The summed E-state index contributed by atoms with van der Waals surface area (Å²) in [5, 5.41) is 2.64. The molecule has 1 aromatic heterocycles. The molecular formula is C23H28N2O5S2. The molecule has 7 nitrogen and oxygen atoms in total. The van der Waals surface area contributed by atoms with Gasteiger partial charge in [0.05, 0.1) is 31.4 Å². The highest BCUT2D eigenvalue weighted by molar-refractivity contribution is 7.89. The summed E-state index contributed by atoms with van der Waals surface area (Å²) in [5.41, 5.74) is 0.686. The van der Waals surface area contributed by atoms with Crippen LogP contribution < -0.4 is 14.2 Å². The van der Waals surface area contributed by atoms with E-state index in [2.05, 4.69) is 4.98 Å². The molecule has 172 valence electrons. The summed E-state index contributed by atoms with van der Waals surface area (Å²) in [5.74, 6) is 1.89. The summed E-state index contributed by atoms with van der Waals surface area (Å²) in [4.78, 5) is 4.83. The largest absolute Gasteiger partial charge is 0.497 e. The second kappa shape index (κ2) is 10.8. The molecule has 0 N–H and O–H groups in total. The Morgan fingerprint density at radius 1 is 1.03 bits per heavy atom. The Morgan fingerprint density at radius 3 is 2.34 bits per heavy atom. The van der Waals surface area contributed by atoms with Gasteiger partial charge >= 0.3 is 0 Å². The van der Waals surface area contributed by atoms with Crippen molar-refractivity contribution in [2.24, 2.45) is 0 Å². The van der Waals surface area contributed by atoms with Crippen molar-refractivity contribution < 1.29 is 22.6 Å². The van der Waals surface area contributed by atoms with Crippen LogP contribution in [0.2, 0.25) is 0 Å². The molecule has 1 atom stereocenters. The van der Waals surface area contributed by atoms with E-state index in [9.17, 15) is 8.42 Å². The van der Waals surface area contributed by atoms with E-state index in [4.69, 9.17) is 14.2 Å². The molecule has 3 rings (SSSR count). The van der Waals surface area contributed by atoms with Gasteiger partial charge in [-0.25, -0.2) is 13.4 Å². The van der Waals surface area contributed by atoms with E-state index in [0.717, 1.165) is 5.01 Å². The van der Waals surface area contributed by atoms with Crippen molar-refractivity contribution in [1.82, 2.24) is 9.29 Å². The van der Waals surface area contributed by atoms with Crippen LogP contribution in [0, 0.1) is 0 Å². The second-order valence-corrected chi connectivity index (χ2v) is 9.99. The monoisotopic (exact) mass is 476 g/mol. The molecule has 1 heterocycles. The van der Waals surface area contributed by atoms with Crippen LogP contribution in [-0.2, 0) is 23.2 Å². The van der Waals surface area contributed by atoms with Crippen LogP contribution in [-0.4, -0.2) is 38.0 Å². The zero-order valence-corrected chi connectivity index (χ0v) is 20.3. The number of methoxy groups -OCH3 is 2. The predicted octanol–water partition coefficient (Wildman–Crippen LogP) is 4.73. The number of nitrogens with zero attached hydrogens (tertiary/aromatic N) is 2. The summed E-state index contributed by atoms with van der Waals surface area (Å²) in [7, 11) is -0.554. The number of hydrogen-bond donors (Lipinski definition) is 0. The van der Waals surface area contributed by atoms with Gasteiger partial charge in [0.15, 0.2) is 11.5 Å². The Morgan fingerprint density at radius 2 is 1.72 bits per heavy atom. The zero-order valence-electron chi connectivity index (χ0n) is 18.6. The van der Waals surface area contributed by atoms with Gasteiger partial charge in [0.2, 0.25) is 10.0 Å². The zero-order chi connectivity index (χ0) is 23.1. The van der Waals surface area contributed by atoms with Crippen LogP contribution in [0.3, 0.4) is 0 Å². The van der Waals surface area contributed by atoms with Gasteiger partial charge in [0, 0.05) is 11.4 Å². The standard InChI is InChI=1S/C23H28N2O5S2/c1-5-17(2)25(32(26,27)20-12-10-19(28-3)11-13-20)14-18-16-31-23(24-18)15-30-22-9-7-6-8-21(22)29-4/h6-13,16-17H,5,14-15H2,1-4H3/t17-/m1/s1. The van der Waals surface area contributed by atoms with E-state index >= 15 is 0 Å².